The highest BCUT2D eigenvalue weighted by molar-refractivity contribution is 5.28. The van der Waals surface area contributed by atoms with Crippen molar-refractivity contribution < 1.29 is 0 Å². The first-order chi connectivity index (χ1) is 7.24. The average Bonchev–Trinajstić information content (AvgIpc) is 2.22. The summed E-state index contributed by atoms with van der Waals surface area (Å²) in [5, 5.41) is 0. The van der Waals surface area contributed by atoms with Gasteiger partial charge in [-0.3, -0.25) is 4.79 Å². The van der Waals surface area contributed by atoms with E-state index in [-0.39, 0.29) is 5.43 Å². The van der Waals surface area contributed by atoms with Crippen molar-refractivity contribution in [1.82, 2.24) is 9.55 Å². The molecule has 0 spiro atoms. The van der Waals surface area contributed by atoms with E-state index in [0.29, 0.717) is 12.4 Å². The summed E-state index contributed by atoms with van der Waals surface area (Å²) in [6, 6.07) is 8.54. The molecular formula is C11H11N3O. The van der Waals surface area contributed by atoms with Crippen LogP contribution in [0.15, 0.2) is 47.5 Å². The van der Waals surface area contributed by atoms with Gasteiger partial charge in [-0.05, 0) is 12.1 Å². The molecule has 2 rings (SSSR count). The molecule has 0 aliphatic rings. The van der Waals surface area contributed by atoms with E-state index >= 15 is 0 Å². The molecule has 2 heterocycles. The average molecular weight is 201 g/mol. The van der Waals surface area contributed by atoms with Gasteiger partial charge in [-0.15, -0.1) is 0 Å². The summed E-state index contributed by atoms with van der Waals surface area (Å²) in [6.45, 7) is 0.616. The quantitative estimate of drug-likeness (QED) is 0.784. The van der Waals surface area contributed by atoms with Crippen molar-refractivity contribution in [2.75, 3.05) is 5.73 Å². The second-order valence-corrected chi connectivity index (χ2v) is 3.26. The second-order valence-electron chi connectivity index (χ2n) is 3.26. The number of anilines is 1. The Hall–Kier alpha value is -2.10. The number of hydrogen-bond acceptors (Lipinski definition) is 3. The van der Waals surface area contributed by atoms with Crippen molar-refractivity contribution in [2.24, 2.45) is 0 Å². The first kappa shape index (κ1) is 9.45. The molecule has 4 nitrogen and oxygen atoms in total. The number of hydrogen-bond donors (Lipinski definition) is 1. The molecule has 0 bridgehead atoms. The Balaban J connectivity index is 2.22. The zero-order valence-corrected chi connectivity index (χ0v) is 8.13. The monoisotopic (exact) mass is 201 g/mol. The molecule has 0 aliphatic carbocycles. The van der Waals surface area contributed by atoms with E-state index in [0.717, 1.165) is 5.69 Å². The maximum Gasteiger partial charge on any atom is 0.181 e. The van der Waals surface area contributed by atoms with Crippen molar-refractivity contribution in [3.63, 3.8) is 0 Å². The van der Waals surface area contributed by atoms with E-state index in [9.17, 15) is 4.79 Å². The molecule has 2 aromatic rings. The Labute approximate surface area is 87.0 Å². The highest BCUT2D eigenvalue weighted by Crippen LogP contribution is 2.02. The minimum absolute atomic E-state index is 0.00628. The molecule has 0 fully saturated rings. The van der Waals surface area contributed by atoms with Crippen LogP contribution >= 0.6 is 0 Å². The lowest BCUT2D eigenvalue weighted by Crippen LogP contribution is -2.06. The van der Waals surface area contributed by atoms with E-state index < -0.39 is 0 Å². The molecule has 0 unspecified atom stereocenters. The zero-order valence-electron chi connectivity index (χ0n) is 8.13. The summed E-state index contributed by atoms with van der Waals surface area (Å²) in [5.74, 6) is 0.508. The summed E-state index contributed by atoms with van der Waals surface area (Å²) >= 11 is 0. The summed E-state index contributed by atoms with van der Waals surface area (Å²) in [4.78, 5) is 15.0. The summed E-state index contributed by atoms with van der Waals surface area (Å²) in [6.07, 6.45) is 3.46. The van der Waals surface area contributed by atoms with Crippen LogP contribution in [-0.2, 0) is 6.54 Å². The van der Waals surface area contributed by atoms with Crippen LogP contribution in [0, 0.1) is 0 Å². The number of pyridine rings is 2. The molecule has 0 saturated carbocycles. The van der Waals surface area contributed by atoms with Gasteiger partial charge in [0.25, 0.3) is 0 Å². The van der Waals surface area contributed by atoms with Crippen LogP contribution < -0.4 is 11.2 Å². The van der Waals surface area contributed by atoms with Crippen molar-refractivity contribution >= 4 is 5.82 Å². The molecule has 0 radical (unpaired) electrons. The smallest absolute Gasteiger partial charge is 0.181 e. The van der Waals surface area contributed by atoms with Gasteiger partial charge in [0.2, 0.25) is 0 Å². The van der Waals surface area contributed by atoms with Gasteiger partial charge >= 0.3 is 0 Å². The van der Waals surface area contributed by atoms with Gasteiger partial charge in [-0.2, -0.15) is 0 Å². The highest BCUT2D eigenvalue weighted by Gasteiger charge is 1.95. The minimum atomic E-state index is 0.00628. The van der Waals surface area contributed by atoms with E-state index in [2.05, 4.69) is 4.98 Å². The van der Waals surface area contributed by atoms with Gasteiger partial charge in [0.15, 0.2) is 5.43 Å². The normalized spacial score (nSPS) is 10.1. The lowest BCUT2D eigenvalue weighted by molar-refractivity contribution is 0.767. The molecule has 0 amide bonds. The van der Waals surface area contributed by atoms with Crippen molar-refractivity contribution in [3.05, 3.63) is 58.6 Å². The molecular weight excluding hydrogens is 190 g/mol. The predicted octanol–water partition coefficient (Wildman–Crippen LogP) is 0.874. The fourth-order valence-corrected chi connectivity index (χ4v) is 1.32. The molecule has 0 aliphatic heterocycles. The summed E-state index contributed by atoms with van der Waals surface area (Å²) < 4.78 is 1.88. The molecule has 76 valence electrons. The van der Waals surface area contributed by atoms with Crippen molar-refractivity contribution in [2.45, 2.75) is 6.54 Å². The summed E-state index contributed by atoms with van der Waals surface area (Å²) in [5.41, 5.74) is 6.45. The summed E-state index contributed by atoms with van der Waals surface area (Å²) in [7, 11) is 0. The maximum atomic E-state index is 10.9. The van der Waals surface area contributed by atoms with Gasteiger partial charge in [-0.1, -0.05) is 6.07 Å². The molecule has 0 aromatic carbocycles. The molecule has 0 atom stereocenters. The van der Waals surface area contributed by atoms with E-state index in [4.69, 9.17) is 5.73 Å². The van der Waals surface area contributed by atoms with Gasteiger partial charge < -0.3 is 10.3 Å². The third kappa shape index (κ3) is 2.43. The van der Waals surface area contributed by atoms with Gasteiger partial charge in [0, 0.05) is 24.5 Å². The largest absolute Gasteiger partial charge is 0.384 e. The second kappa shape index (κ2) is 3.96. The number of nitrogens with zero attached hydrogens (tertiary/aromatic N) is 2. The van der Waals surface area contributed by atoms with Crippen LogP contribution in [0.5, 0.6) is 0 Å². The molecule has 15 heavy (non-hydrogen) atoms. The molecule has 2 N–H and O–H groups in total. The first-order valence-electron chi connectivity index (χ1n) is 4.61. The molecule has 4 heteroatoms. The third-order valence-electron chi connectivity index (χ3n) is 2.03. The van der Waals surface area contributed by atoms with Gasteiger partial charge in [-0.25, -0.2) is 4.98 Å². The van der Waals surface area contributed by atoms with Crippen LogP contribution in [0.4, 0.5) is 5.82 Å². The Morgan fingerprint density at radius 1 is 1.20 bits per heavy atom. The van der Waals surface area contributed by atoms with Gasteiger partial charge in [0.1, 0.15) is 5.82 Å². The van der Waals surface area contributed by atoms with E-state index in [1.54, 1.807) is 18.5 Å². The Bertz CT molecular complexity index is 499. The van der Waals surface area contributed by atoms with Crippen LogP contribution in [0.3, 0.4) is 0 Å². The fraction of sp³-hybridized carbons (Fsp3) is 0.0909. The fourth-order valence-electron chi connectivity index (χ4n) is 1.32. The minimum Gasteiger partial charge on any atom is -0.384 e. The third-order valence-corrected chi connectivity index (χ3v) is 2.03. The van der Waals surface area contributed by atoms with Crippen molar-refractivity contribution in [1.29, 1.82) is 0 Å². The Morgan fingerprint density at radius 2 is 1.93 bits per heavy atom. The number of nitrogen functional groups attached to an aromatic ring is 1. The van der Waals surface area contributed by atoms with Crippen LogP contribution in [0.25, 0.3) is 0 Å². The number of rotatable bonds is 2. The molecule has 2 aromatic heterocycles. The van der Waals surface area contributed by atoms with Crippen LogP contribution in [-0.4, -0.2) is 9.55 Å². The molecule has 0 saturated heterocycles. The topological polar surface area (TPSA) is 60.9 Å². The SMILES string of the molecule is Nc1cccc(Cn2ccc(=O)cc2)n1. The van der Waals surface area contributed by atoms with Crippen molar-refractivity contribution in [3.8, 4) is 0 Å². The maximum absolute atomic E-state index is 10.9. The lowest BCUT2D eigenvalue weighted by Gasteiger charge is -2.05. The number of nitrogens with two attached hydrogens (primary N) is 1. The zero-order chi connectivity index (χ0) is 10.7. The lowest BCUT2D eigenvalue weighted by atomic mass is 10.3. The standard InChI is InChI=1S/C11H11N3O/c12-11-3-1-2-9(13-11)8-14-6-4-10(15)5-7-14/h1-7H,8H2,(H2,12,13). The van der Waals surface area contributed by atoms with E-state index in [1.165, 1.54) is 12.1 Å². The predicted molar refractivity (Wildman–Crippen MR) is 58.5 cm³/mol. The Morgan fingerprint density at radius 3 is 2.60 bits per heavy atom. The Kier molecular flexibility index (Phi) is 2.49. The van der Waals surface area contributed by atoms with E-state index in [1.807, 2.05) is 16.7 Å². The first-order valence-corrected chi connectivity index (χ1v) is 4.61. The van der Waals surface area contributed by atoms with Crippen LogP contribution in [0.1, 0.15) is 5.69 Å². The number of aromatic nitrogens is 2. The van der Waals surface area contributed by atoms with Crippen LogP contribution in [0.2, 0.25) is 0 Å². The van der Waals surface area contributed by atoms with Gasteiger partial charge in [0.05, 0.1) is 12.2 Å². The highest BCUT2D eigenvalue weighted by atomic mass is 16.1.